The minimum atomic E-state index is 0.985. The predicted molar refractivity (Wildman–Crippen MR) is 50.7 cm³/mol. The lowest BCUT2D eigenvalue weighted by molar-refractivity contribution is 0.524. The van der Waals surface area contributed by atoms with Gasteiger partial charge in [-0.2, -0.15) is 0 Å². The van der Waals surface area contributed by atoms with Gasteiger partial charge in [-0.3, -0.25) is 0 Å². The first-order valence-electron chi connectivity index (χ1n) is 4.21. The zero-order valence-electron chi connectivity index (χ0n) is 7.42. The van der Waals surface area contributed by atoms with Crippen molar-refractivity contribution in [3.05, 3.63) is 35.3 Å². The predicted octanol–water partition coefficient (Wildman–Crippen LogP) is 3.41. The maximum absolute atomic E-state index is 5.53. The summed E-state index contributed by atoms with van der Waals surface area (Å²) in [5, 5.41) is 0. The summed E-state index contributed by atoms with van der Waals surface area (Å²) in [7, 11) is 0. The highest BCUT2D eigenvalue weighted by molar-refractivity contribution is 5.73. The van der Waals surface area contributed by atoms with E-state index in [1.807, 2.05) is 6.92 Å². The Bertz CT molecular complexity index is 353. The molecule has 0 amide bonds. The van der Waals surface area contributed by atoms with Crippen molar-refractivity contribution in [1.29, 1.82) is 0 Å². The number of furan rings is 1. The van der Waals surface area contributed by atoms with E-state index in [1.165, 1.54) is 11.1 Å². The van der Waals surface area contributed by atoms with Crippen LogP contribution >= 0.6 is 0 Å². The van der Waals surface area contributed by atoms with Crippen LogP contribution in [0.5, 0.6) is 0 Å². The molecule has 2 rings (SSSR count). The Labute approximate surface area is 72.4 Å². The SMILES string of the molecule is CC1=CCC=Cc2oc(C)cc21. The summed E-state index contributed by atoms with van der Waals surface area (Å²) in [6.07, 6.45) is 7.40. The van der Waals surface area contributed by atoms with Gasteiger partial charge in [0.25, 0.3) is 0 Å². The Balaban J connectivity index is 2.60. The van der Waals surface area contributed by atoms with Gasteiger partial charge in [0.05, 0.1) is 0 Å². The molecule has 1 aliphatic rings. The number of rotatable bonds is 0. The molecule has 0 spiro atoms. The number of hydrogen-bond acceptors (Lipinski definition) is 1. The van der Waals surface area contributed by atoms with Gasteiger partial charge in [0.15, 0.2) is 0 Å². The summed E-state index contributed by atoms with van der Waals surface area (Å²) in [5.41, 5.74) is 2.55. The highest BCUT2D eigenvalue weighted by Gasteiger charge is 2.08. The van der Waals surface area contributed by atoms with Gasteiger partial charge in [-0.25, -0.2) is 0 Å². The van der Waals surface area contributed by atoms with Crippen molar-refractivity contribution in [2.75, 3.05) is 0 Å². The van der Waals surface area contributed by atoms with E-state index >= 15 is 0 Å². The first-order chi connectivity index (χ1) is 5.77. The Morgan fingerprint density at radius 3 is 3.00 bits per heavy atom. The van der Waals surface area contributed by atoms with Crippen LogP contribution < -0.4 is 0 Å². The van der Waals surface area contributed by atoms with Crippen molar-refractivity contribution in [2.45, 2.75) is 20.3 Å². The number of aryl methyl sites for hydroxylation is 1. The third-order valence-electron chi connectivity index (χ3n) is 2.14. The van der Waals surface area contributed by atoms with Crippen molar-refractivity contribution in [2.24, 2.45) is 0 Å². The van der Waals surface area contributed by atoms with Crippen LogP contribution in [0.25, 0.3) is 11.6 Å². The van der Waals surface area contributed by atoms with E-state index < -0.39 is 0 Å². The quantitative estimate of drug-likeness (QED) is 0.566. The van der Waals surface area contributed by atoms with Crippen molar-refractivity contribution < 1.29 is 4.42 Å². The van der Waals surface area contributed by atoms with Crippen molar-refractivity contribution >= 4 is 11.6 Å². The molecule has 1 aromatic heterocycles. The lowest BCUT2D eigenvalue weighted by Crippen LogP contribution is -1.75. The van der Waals surface area contributed by atoms with E-state index in [-0.39, 0.29) is 0 Å². The molecule has 1 heterocycles. The Hall–Kier alpha value is -1.24. The second-order valence-electron chi connectivity index (χ2n) is 3.16. The standard InChI is InChI=1S/C11H12O/c1-8-5-3-4-6-11-10(8)7-9(2)12-11/h4-7H,3H2,1-2H3. The molecule has 0 aliphatic heterocycles. The Kier molecular flexibility index (Phi) is 1.65. The van der Waals surface area contributed by atoms with Gasteiger partial charge in [0, 0.05) is 5.56 Å². The maximum Gasteiger partial charge on any atom is 0.134 e. The zero-order chi connectivity index (χ0) is 8.55. The second-order valence-corrected chi connectivity index (χ2v) is 3.16. The summed E-state index contributed by atoms with van der Waals surface area (Å²) in [6.45, 7) is 4.11. The van der Waals surface area contributed by atoms with Gasteiger partial charge < -0.3 is 4.42 Å². The van der Waals surface area contributed by atoms with Crippen LogP contribution in [-0.4, -0.2) is 0 Å². The highest BCUT2D eigenvalue weighted by atomic mass is 16.3. The minimum absolute atomic E-state index is 0.985. The van der Waals surface area contributed by atoms with Gasteiger partial charge in [-0.05, 0) is 38.0 Å². The summed E-state index contributed by atoms with van der Waals surface area (Å²) in [5.74, 6) is 1.98. The van der Waals surface area contributed by atoms with Crippen molar-refractivity contribution in [1.82, 2.24) is 0 Å². The summed E-state index contributed by atoms with van der Waals surface area (Å²) in [4.78, 5) is 0. The minimum Gasteiger partial charge on any atom is -0.461 e. The third-order valence-corrected chi connectivity index (χ3v) is 2.14. The normalized spacial score (nSPS) is 15.3. The van der Waals surface area contributed by atoms with E-state index in [0.717, 1.165) is 17.9 Å². The number of hydrogen-bond donors (Lipinski definition) is 0. The molecule has 62 valence electrons. The second kappa shape index (κ2) is 2.67. The van der Waals surface area contributed by atoms with Crippen LogP contribution in [0.1, 0.15) is 30.4 Å². The lowest BCUT2D eigenvalue weighted by atomic mass is 10.1. The molecule has 1 heteroatoms. The Morgan fingerprint density at radius 1 is 1.33 bits per heavy atom. The van der Waals surface area contributed by atoms with Crippen molar-refractivity contribution in [3.63, 3.8) is 0 Å². The molecule has 0 N–H and O–H groups in total. The monoisotopic (exact) mass is 160 g/mol. The van der Waals surface area contributed by atoms with Crippen LogP contribution in [0.4, 0.5) is 0 Å². The Morgan fingerprint density at radius 2 is 2.17 bits per heavy atom. The van der Waals surface area contributed by atoms with Crippen LogP contribution in [-0.2, 0) is 0 Å². The van der Waals surface area contributed by atoms with E-state index in [2.05, 4.69) is 31.2 Å². The molecule has 0 saturated carbocycles. The van der Waals surface area contributed by atoms with Crippen LogP contribution in [0, 0.1) is 6.92 Å². The molecule has 0 bridgehead atoms. The number of fused-ring (bicyclic) bond motifs is 1. The first kappa shape index (κ1) is 7.41. The van der Waals surface area contributed by atoms with E-state index in [9.17, 15) is 0 Å². The fraction of sp³-hybridized carbons (Fsp3) is 0.273. The lowest BCUT2D eigenvalue weighted by Gasteiger charge is -1.94. The van der Waals surface area contributed by atoms with Crippen molar-refractivity contribution in [3.8, 4) is 0 Å². The molecule has 1 nitrogen and oxygen atoms in total. The highest BCUT2D eigenvalue weighted by Crippen LogP contribution is 2.26. The van der Waals surface area contributed by atoms with Crippen LogP contribution in [0.15, 0.2) is 22.6 Å². The van der Waals surface area contributed by atoms with Gasteiger partial charge in [0.2, 0.25) is 0 Å². The fourth-order valence-electron chi connectivity index (χ4n) is 1.49. The summed E-state index contributed by atoms with van der Waals surface area (Å²) in [6, 6.07) is 2.09. The average Bonchev–Trinajstić information content (AvgIpc) is 2.33. The smallest absolute Gasteiger partial charge is 0.134 e. The average molecular weight is 160 g/mol. The molecule has 0 saturated heterocycles. The van der Waals surface area contributed by atoms with E-state index in [1.54, 1.807) is 0 Å². The molecule has 0 aromatic carbocycles. The van der Waals surface area contributed by atoms with Crippen LogP contribution in [0.2, 0.25) is 0 Å². The van der Waals surface area contributed by atoms with E-state index in [0.29, 0.717) is 0 Å². The fourth-order valence-corrected chi connectivity index (χ4v) is 1.49. The van der Waals surface area contributed by atoms with Gasteiger partial charge >= 0.3 is 0 Å². The molecule has 1 aromatic rings. The molecule has 0 radical (unpaired) electrons. The van der Waals surface area contributed by atoms with E-state index in [4.69, 9.17) is 4.42 Å². The topological polar surface area (TPSA) is 13.1 Å². The molecule has 0 fully saturated rings. The molecular formula is C11H12O. The van der Waals surface area contributed by atoms with Crippen LogP contribution in [0.3, 0.4) is 0 Å². The summed E-state index contributed by atoms with van der Waals surface area (Å²) >= 11 is 0. The van der Waals surface area contributed by atoms with Gasteiger partial charge in [-0.15, -0.1) is 0 Å². The summed E-state index contributed by atoms with van der Waals surface area (Å²) < 4.78 is 5.53. The number of allylic oxidation sites excluding steroid dienone is 3. The molecule has 0 atom stereocenters. The molecular weight excluding hydrogens is 148 g/mol. The zero-order valence-corrected chi connectivity index (χ0v) is 7.42. The molecule has 0 unspecified atom stereocenters. The molecule has 1 aliphatic carbocycles. The first-order valence-corrected chi connectivity index (χ1v) is 4.21. The van der Waals surface area contributed by atoms with Gasteiger partial charge in [0.1, 0.15) is 11.5 Å². The molecule has 12 heavy (non-hydrogen) atoms. The third kappa shape index (κ3) is 1.11. The van der Waals surface area contributed by atoms with Gasteiger partial charge in [-0.1, -0.05) is 12.2 Å². The largest absolute Gasteiger partial charge is 0.461 e. The maximum atomic E-state index is 5.53.